The van der Waals surface area contributed by atoms with Crippen molar-refractivity contribution < 1.29 is 9.53 Å². The SMILES string of the molecule is CC(=O)C1CN(CC2CCOCC2)c2ccccc21. The largest absolute Gasteiger partial charge is 0.381 e. The van der Waals surface area contributed by atoms with E-state index in [-0.39, 0.29) is 11.7 Å². The smallest absolute Gasteiger partial charge is 0.139 e. The molecule has 1 unspecified atom stereocenters. The average molecular weight is 259 g/mol. The monoisotopic (exact) mass is 259 g/mol. The van der Waals surface area contributed by atoms with Gasteiger partial charge in [-0.25, -0.2) is 0 Å². The zero-order chi connectivity index (χ0) is 13.2. The van der Waals surface area contributed by atoms with Crippen LogP contribution >= 0.6 is 0 Å². The fourth-order valence-corrected chi connectivity index (χ4v) is 3.25. The molecule has 0 saturated carbocycles. The molecule has 0 amide bonds. The van der Waals surface area contributed by atoms with E-state index < -0.39 is 0 Å². The predicted molar refractivity (Wildman–Crippen MR) is 75.6 cm³/mol. The lowest BCUT2D eigenvalue weighted by atomic mass is 9.98. The van der Waals surface area contributed by atoms with Crippen LogP contribution in [0.25, 0.3) is 0 Å². The molecule has 3 rings (SSSR count). The quantitative estimate of drug-likeness (QED) is 0.835. The number of Topliss-reactive ketones (excluding diaryl/α,β-unsaturated/α-hetero) is 1. The van der Waals surface area contributed by atoms with Crippen LogP contribution in [0.3, 0.4) is 0 Å². The molecule has 1 aromatic rings. The molecule has 2 aliphatic rings. The minimum Gasteiger partial charge on any atom is -0.381 e. The Kier molecular flexibility index (Phi) is 3.56. The fourth-order valence-electron chi connectivity index (χ4n) is 3.25. The number of anilines is 1. The van der Waals surface area contributed by atoms with Gasteiger partial charge in [-0.15, -0.1) is 0 Å². The summed E-state index contributed by atoms with van der Waals surface area (Å²) in [6.45, 7) is 5.39. The molecule has 2 heterocycles. The third-order valence-corrected chi connectivity index (χ3v) is 4.37. The first-order chi connectivity index (χ1) is 9.25. The Morgan fingerprint density at radius 3 is 2.79 bits per heavy atom. The Balaban J connectivity index is 1.78. The molecule has 0 N–H and O–H groups in total. The lowest BCUT2D eigenvalue weighted by Crippen LogP contribution is -2.32. The Labute approximate surface area is 114 Å². The first-order valence-electron chi connectivity index (χ1n) is 7.18. The number of benzene rings is 1. The average Bonchev–Trinajstić information content (AvgIpc) is 2.79. The van der Waals surface area contributed by atoms with Crippen LogP contribution in [0.5, 0.6) is 0 Å². The van der Waals surface area contributed by atoms with Gasteiger partial charge >= 0.3 is 0 Å². The van der Waals surface area contributed by atoms with Gasteiger partial charge in [-0.1, -0.05) is 18.2 Å². The number of para-hydroxylation sites is 1. The standard InChI is InChI=1S/C16H21NO2/c1-12(18)15-11-17(10-13-6-8-19-9-7-13)16-5-3-2-4-14(15)16/h2-5,13,15H,6-11H2,1H3. The fraction of sp³-hybridized carbons (Fsp3) is 0.562. The van der Waals surface area contributed by atoms with E-state index in [4.69, 9.17) is 4.74 Å². The summed E-state index contributed by atoms with van der Waals surface area (Å²) in [4.78, 5) is 14.2. The maximum absolute atomic E-state index is 11.8. The van der Waals surface area contributed by atoms with Crippen LogP contribution in [0, 0.1) is 5.92 Å². The lowest BCUT2D eigenvalue weighted by molar-refractivity contribution is -0.118. The van der Waals surface area contributed by atoms with Gasteiger partial charge in [-0.3, -0.25) is 4.79 Å². The zero-order valence-corrected chi connectivity index (χ0v) is 11.5. The Bertz CT molecular complexity index is 466. The van der Waals surface area contributed by atoms with Crippen molar-refractivity contribution in [2.45, 2.75) is 25.7 Å². The molecule has 0 aromatic heterocycles. The second-order valence-electron chi connectivity index (χ2n) is 5.68. The summed E-state index contributed by atoms with van der Waals surface area (Å²) < 4.78 is 5.42. The molecule has 3 heteroatoms. The zero-order valence-electron chi connectivity index (χ0n) is 11.5. The van der Waals surface area contributed by atoms with Gasteiger partial charge in [0.25, 0.3) is 0 Å². The summed E-state index contributed by atoms with van der Waals surface area (Å²) in [5.74, 6) is 1.05. The van der Waals surface area contributed by atoms with Gasteiger partial charge < -0.3 is 9.64 Å². The first kappa shape index (κ1) is 12.7. The number of ether oxygens (including phenoxy) is 1. The highest BCUT2D eigenvalue weighted by atomic mass is 16.5. The van der Waals surface area contributed by atoms with Gasteiger partial charge in [0, 0.05) is 32.0 Å². The number of ketones is 1. The molecule has 102 valence electrons. The molecule has 3 nitrogen and oxygen atoms in total. The molecule has 0 radical (unpaired) electrons. The molecule has 19 heavy (non-hydrogen) atoms. The molecule has 0 aliphatic carbocycles. The molecule has 1 saturated heterocycles. The highest BCUT2D eigenvalue weighted by molar-refractivity contribution is 5.88. The third kappa shape index (κ3) is 2.52. The number of hydrogen-bond donors (Lipinski definition) is 0. The van der Waals surface area contributed by atoms with Gasteiger partial charge in [-0.05, 0) is 37.3 Å². The maximum atomic E-state index is 11.8. The molecule has 1 atom stereocenters. The van der Waals surface area contributed by atoms with Crippen molar-refractivity contribution in [3.8, 4) is 0 Å². The number of nitrogens with zero attached hydrogens (tertiary/aromatic N) is 1. The van der Waals surface area contributed by atoms with Crippen LogP contribution < -0.4 is 4.90 Å². The Morgan fingerprint density at radius 2 is 2.05 bits per heavy atom. The second-order valence-corrected chi connectivity index (χ2v) is 5.68. The number of rotatable bonds is 3. The van der Waals surface area contributed by atoms with Gasteiger partial charge in [0.15, 0.2) is 0 Å². The maximum Gasteiger partial charge on any atom is 0.139 e. The van der Waals surface area contributed by atoms with E-state index in [2.05, 4.69) is 23.1 Å². The van der Waals surface area contributed by atoms with Crippen LogP contribution in [0.15, 0.2) is 24.3 Å². The van der Waals surface area contributed by atoms with Crippen molar-refractivity contribution in [2.75, 3.05) is 31.2 Å². The van der Waals surface area contributed by atoms with Crippen LogP contribution in [0.1, 0.15) is 31.2 Å². The topological polar surface area (TPSA) is 29.5 Å². The number of carbonyl (C=O) groups excluding carboxylic acids is 1. The lowest BCUT2D eigenvalue weighted by Gasteiger charge is -2.28. The van der Waals surface area contributed by atoms with Crippen LogP contribution in [-0.4, -0.2) is 32.1 Å². The molecular formula is C16H21NO2. The summed E-state index contributed by atoms with van der Waals surface area (Å²) in [6.07, 6.45) is 2.28. The molecule has 1 aromatic carbocycles. The first-order valence-corrected chi connectivity index (χ1v) is 7.18. The van der Waals surface area contributed by atoms with E-state index in [0.29, 0.717) is 5.92 Å². The van der Waals surface area contributed by atoms with Gasteiger partial charge in [0.2, 0.25) is 0 Å². The summed E-state index contributed by atoms with van der Waals surface area (Å²) >= 11 is 0. The van der Waals surface area contributed by atoms with Gasteiger partial charge in [-0.2, -0.15) is 0 Å². The molecule has 0 spiro atoms. The number of carbonyl (C=O) groups is 1. The van der Waals surface area contributed by atoms with E-state index in [9.17, 15) is 4.79 Å². The minimum atomic E-state index is 0.0658. The van der Waals surface area contributed by atoms with E-state index in [1.807, 2.05) is 6.07 Å². The van der Waals surface area contributed by atoms with Crippen LogP contribution in [0.2, 0.25) is 0 Å². The van der Waals surface area contributed by atoms with Crippen molar-refractivity contribution in [1.82, 2.24) is 0 Å². The summed E-state index contributed by atoms with van der Waals surface area (Å²) in [6, 6.07) is 8.36. The predicted octanol–water partition coefficient (Wildman–Crippen LogP) is 2.61. The van der Waals surface area contributed by atoms with E-state index in [1.165, 1.54) is 11.3 Å². The van der Waals surface area contributed by atoms with Crippen molar-refractivity contribution in [2.24, 2.45) is 5.92 Å². The van der Waals surface area contributed by atoms with E-state index >= 15 is 0 Å². The van der Waals surface area contributed by atoms with Gasteiger partial charge in [0.1, 0.15) is 5.78 Å². The van der Waals surface area contributed by atoms with Crippen LogP contribution in [0.4, 0.5) is 5.69 Å². The van der Waals surface area contributed by atoms with E-state index in [0.717, 1.165) is 39.1 Å². The second kappa shape index (κ2) is 5.33. The number of hydrogen-bond acceptors (Lipinski definition) is 3. The summed E-state index contributed by atoms with van der Waals surface area (Å²) in [7, 11) is 0. The highest BCUT2D eigenvalue weighted by Crippen LogP contribution is 2.37. The summed E-state index contributed by atoms with van der Waals surface area (Å²) in [5.41, 5.74) is 2.47. The highest BCUT2D eigenvalue weighted by Gasteiger charge is 2.32. The molecular weight excluding hydrogens is 238 g/mol. The number of fused-ring (bicyclic) bond motifs is 1. The van der Waals surface area contributed by atoms with E-state index in [1.54, 1.807) is 6.92 Å². The Hall–Kier alpha value is -1.35. The van der Waals surface area contributed by atoms with Crippen molar-refractivity contribution in [3.05, 3.63) is 29.8 Å². The Morgan fingerprint density at radius 1 is 1.32 bits per heavy atom. The molecule has 2 aliphatic heterocycles. The van der Waals surface area contributed by atoms with Crippen molar-refractivity contribution in [3.63, 3.8) is 0 Å². The summed E-state index contributed by atoms with van der Waals surface area (Å²) in [5, 5.41) is 0. The third-order valence-electron chi connectivity index (χ3n) is 4.37. The molecule has 0 bridgehead atoms. The minimum absolute atomic E-state index is 0.0658. The van der Waals surface area contributed by atoms with Crippen molar-refractivity contribution >= 4 is 11.5 Å². The normalized spacial score (nSPS) is 23.4. The van der Waals surface area contributed by atoms with Gasteiger partial charge in [0.05, 0.1) is 5.92 Å². The molecule has 1 fully saturated rings. The van der Waals surface area contributed by atoms with Crippen LogP contribution in [-0.2, 0) is 9.53 Å². The van der Waals surface area contributed by atoms with Crippen molar-refractivity contribution in [1.29, 1.82) is 0 Å².